The van der Waals surface area contributed by atoms with Crippen molar-refractivity contribution in [3.8, 4) is 0 Å². The predicted octanol–water partition coefficient (Wildman–Crippen LogP) is 0.920. The first kappa shape index (κ1) is 7.51. The first-order valence-corrected chi connectivity index (χ1v) is 4.06. The van der Waals surface area contributed by atoms with Gasteiger partial charge in [0.1, 0.15) is 0 Å². The van der Waals surface area contributed by atoms with Gasteiger partial charge in [0, 0.05) is 4.83 Å². The van der Waals surface area contributed by atoms with E-state index in [0.717, 1.165) is 6.42 Å². The molecule has 1 N–H and O–H groups in total. The van der Waals surface area contributed by atoms with Crippen molar-refractivity contribution in [2.24, 2.45) is 0 Å². The Morgan fingerprint density at radius 2 is 2.44 bits per heavy atom. The standard InChI is InChI=1S/C6H11BrO2/c1-4-6(7)2-5(3-8)9-4/h4-6,8H,2-3H2,1H3/t4-,5?,6-/m0/s1. The summed E-state index contributed by atoms with van der Waals surface area (Å²) in [6.45, 7) is 2.15. The van der Waals surface area contributed by atoms with Gasteiger partial charge < -0.3 is 9.84 Å². The van der Waals surface area contributed by atoms with Gasteiger partial charge in [0.15, 0.2) is 0 Å². The molecule has 0 saturated carbocycles. The average Bonchev–Trinajstić information content (AvgIpc) is 2.13. The maximum Gasteiger partial charge on any atom is 0.0821 e. The Morgan fingerprint density at radius 3 is 2.67 bits per heavy atom. The van der Waals surface area contributed by atoms with Gasteiger partial charge >= 0.3 is 0 Å². The molecule has 0 amide bonds. The summed E-state index contributed by atoms with van der Waals surface area (Å²) in [6, 6.07) is 0. The molecule has 0 aliphatic carbocycles. The fourth-order valence-corrected chi connectivity index (χ4v) is 1.55. The Hall–Kier alpha value is 0.400. The molecule has 1 fully saturated rings. The Labute approximate surface area is 63.3 Å². The van der Waals surface area contributed by atoms with Crippen LogP contribution in [0.3, 0.4) is 0 Å². The van der Waals surface area contributed by atoms with E-state index >= 15 is 0 Å². The van der Waals surface area contributed by atoms with Crippen molar-refractivity contribution >= 4 is 15.9 Å². The van der Waals surface area contributed by atoms with E-state index in [9.17, 15) is 0 Å². The van der Waals surface area contributed by atoms with E-state index in [4.69, 9.17) is 9.84 Å². The molecular weight excluding hydrogens is 184 g/mol. The third-order valence-corrected chi connectivity index (χ3v) is 2.73. The summed E-state index contributed by atoms with van der Waals surface area (Å²) < 4.78 is 5.33. The molecule has 1 aliphatic heterocycles. The van der Waals surface area contributed by atoms with Gasteiger partial charge in [-0.25, -0.2) is 0 Å². The third kappa shape index (κ3) is 1.66. The van der Waals surface area contributed by atoms with Crippen LogP contribution < -0.4 is 0 Å². The van der Waals surface area contributed by atoms with Gasteiger partial charge in [0.25, 0.3) is 0 Å². The lowest BCUT2D eigenvalue weighted by molar-refractivity contribution is 0.0206. The van der Waals surface area contributed by atoms with Crippen LogP contribution in [0.25, 0.3) is 0 Å². The van der Waals surface area contributed by atoms with Crippen molar-refractivity contribution in [1.82, 2.24) is 0 Å². The predicted molar refractivity (Wildman–Crippen MR) is 38.8 cm³/mol. The number of rotatable bonds is 1. The molecule has 0 spiro atoms. The molecule has 1 rings (SSSR count). The molecule has 1 unspecified atom stereocenters. The summed E-state index contributed by atoms with van der Waals surface area (Å²) in [7, 11) is 0. The monoisotopic (exact) mass is 194 g/mol. The minimum atomic E-state index is 0.0596. The minimum Gasteiger partial charge on any atom is -0.394 e. The van der Waals surface area contributed by atoms with Gasteiger partial charge in [-0.05, 0) is 13.3 Å². The quantitative estimate of drug-likeness (QED) is 0.630. The minimum absolute atomic E-state index is 0.0596. The largest absolute Gasteiger partial charge is 0.394 e. The van der Waals surface area contributed by atoms with E-state index < -0.39 is 0 Å². The van der Waals surface area contributed by atoms with E-state index in [2.05, 4.69) is 15.9 Å². The van der Waals surface area contributed by atoms with E-state index in [-0.39, 0.29) is 18.8 Å². The van der Waals surface area contributed by atoms with Gasteiger partial charge in [-0.15, -0.1) is 0 Å². The smallest absolute Gasteiger partial charge is 0.0821 e. The fraction of sp³-hybridized carbons (Fsp3) is 1.00. The van der Waals surface area contributed by atoms with Crippen LogP contribution >= 0.6 is 15.9 Å². The lowest BCUT2D eigenvalue weighted by Crippen LogP contribution is -2.12. The van der Waals surface area contributed by atoms with Crippen molar-refractivity contribution in [1.29, 1.82) is 0 Å². The van der Waals surface area contributed by atoms with Crippen LogP contribution in [0.15, 0.2) is 0 Å². The fourth-order valence-electron chi connectivity index (χ4n) is 1.00. The summed E-state index contributed by atoms with van der Waals surface area (Å²) in [4.78, 5) is 0.426. The Bertz CT molecular complexity index is 87.1. The van der Waals surface area contributed by atoms with Crippen LogP contribution in [0.2, 0.25) is 0 Å². The summed E-state index contributed by atoms with van der Waals surface area (Å²) >= 11 is 3.45. The first-order chi connectivity index (χ1) is 4.24. The van der Waals surface area contributed by atoms with Gasteiger partial charge in [-0.1, -0.05) is 15.9 Å². The maximum atomic E-state index is 8.66. The van der Waals surface area contributed by atoms with E-state index in [1.165, 1.54) is 0 Å². The summed E-state index contributed by atoms with van der Waals surface area (Å²) in [6.07, 6.45) is 1.24. The maximum absolute atomic E-state index is 8.66. The summed E-state index contributed by atoms with van der Waals surface area (Å²) in [5, 5.41) is 8.66. The second-order valence-electron chi connectivity index (χ2n) is 2.40. The van der Waals surface area contributed by atoms with Crippen molar-refractivity contribution in [2.45, 2.75) is 30.4 Å². The molecule has 0 aromatic rings. The molecule has 0 aromatic carbocycles. The lowest BCUT2D eigenvalue weighted by Gasteiger charge is -2.05. The van der Waals surface area contributed by atoms with Crippen molar-refractivity contribution in [2.75, 3.05) is 6.61 Å². The molecule has 0 bridgehead atoms. The summed E-state index contributed by atoms with van der Waals surface area (Å²) in [5.74, 6) is 0. The van der Waals surface area contributed by atoms with Crippen LogP contribution in [0.1, 0.15) is 13.3 Å². The van der Waals surface area contributed by atoms with Crippen LogP contribution in [0.4, 0.5) is 0 Å². The molecule has 3 heteroatoms. The molecule has 9 heavy (non-hydrogen) atoms. The zero-order chi connectivity index (χ0) is 6.85. The van der Waals surface area contributed by atoms with Gasteiger partial charge in [-0.3, -0.25) is 0 Å². The molecule has 1 saturated heterocycles. The van der Waals surface area contributed by atoms with E-state index in [1.54, 1.807) is 0 Å². The lowest BCUT2D eigenvalue weighted by atomic mass is 10.2. The third-order valence-electron chi connectivity index (χ3n) is 1.61. The second-order valence-corrected chi connectivity index (χ2v) is 3.57. The SMILES string of the molecule is C[C@@H]1OC(CO)C[C@@H]1Br. The molecular formula is C6H11BrO2. The molecule has 2 nitrogen and oxygen atoms in total. The normalized spacial score (nSPS) is 43.7. The van der Waals surface area contributed by atoms with Gasteiger partial charge in [0.2, 0.25) is 0 Å². The topological polar surface area (TPSA) is 29.5 Å². The number of hydrogen-bond acceptors (Lipinski definition) is 2. The van der Waals surface area contributed by atoms with Crippen LogP contribution in [0.5, 0.6) is 0 Å². The Kier molecular flexibility index (Phi) is 2.50. The highest BCUT2D eigenvalue weighted by molar-refractivity contribution is 9.09. The second kappa shape index (κ2) is 2.99. The van der Waals surface area contributed by atoms with Crippen LogP contribution in [-0.2, 0) is 4.74 Å². The Morgan fingerprint density at radius 1 is 1.78 bits per heavy atom. The first-order valence-electron chi connectivity index (χ1n) is 3.14. The molecule has 1 aliphatic rings. The van der Waals surface area contributed by atoms with E-state index in [0.29, 0.717) is 4.83 Å². The van der Waals surface area contributed by atoms with Crippen molar-refractivity contribution in [3.63, 3.8) is 0 Å². The highest BCUT2D eigenvalue weighted by Gasteiger charge is 2.29. The number of alkyl halides is 1. The highest BCUT2D eigenvalue weighted by atomic mass is 79.9. The molecule has 54 valence electrons. The zero-order valence-electron chi connectivity index (χ0n) is 5.38. The van der Waals surface area contributed by atoms with Crippen LogP contribution in [-0.4, -0.2) is 28.7 Å². The number of ether oxygens (including phenoxy) is 1. The number of aliphatic hydroxyl groups is 1. The molecule has 3 atom stereocenters. The molecule has 0 aromatic heterocycles. The van der Waals surface area contributed by atoms with E-state index in [1.807, 2.05) is 6.92 Å². The average molecular weight is 195 g/mol. The number of aliphatic hydroxyl groups excluding tert-OH is 1. The highest BCUT2D eigenvalue weighted by Crippen LogP contribution is 2.25. The summed E-state index contributed by atoms with van der Waals surface area (Å²) in [5.41, 5.74) is 0. The molecule has 0 radical (unpaired) electrons. The Balaban J connectivity index is 2.35. The zero-order valence-corrected chi connectivity index (χ0v) is 6.97. The van der Waals surface area contributed by atoms with Gasteiger partial charge in [0.05, 0.1) is 18.8 Å². The van der Waals surface area contributed by atoms with Gasteiger partial charge in [-0.2, -0.15) is 0 Å². The van der Waals surface area contributed by atoms with Crippen molar-refractivity contribution in [3.05, 3.63) is 0 Å². The van der Waals surface area contributed by atoms with Crippen LogP contribution in [0, 0.1) is 0 Å². The number of hydrogen-bond donors (Lipinski definition) is 1. The van der Waals surface area contributed by atoms with Crippen molar-refractivity contribution < 1.29 is 9.84 Å². The number of halogens is 1. The molecule has 1 heterocycles.